The molecule has 2 N–H and O–H groups in total. The Labute approximate surface area is 201 Å². The fourth-order valence-corrected chi connectivity index (χ4v) is 3.78. The molecule has 2 amide bonds. The van der Waals surface area contributed by atoms with E-state index in [1.807, 2.05) is 12.1 Å². The SMILES string of the molecule is CCOC(=O)C1=C(COC(=O)CCc2ccc3c(c2)OCO3)NC(=O)NC1c1ccc(Cl)cc1. The number of ether oxygens (including phenoxy) is 4. The maximum absolute atomic E-state index is 12.8. The molecule has 2 aromatic rings. The second-order valence-corrected chi connectivity index (χ2v) is 7.98. The molecule has 9 nitrogen and oxygen atoms in total. The van der Waals surface area contributed by atoms with Gasteiger partial charge in [-0.3, -0.25) is 4.79 Å². The molecule has 2 aliphatic rings. The van der Waals surface area contributed by atoms with Gasteiger partial charge in [-0.2, -0.15) is 0 Å². The van der Waals surface area contributed by atoms with E-state index in [0.717, 1.165) is 5.56 Å². The van der Waals surface area contributed by atoms with Crippen LogP contribution in [-0.4, -0.2) is 38.0 Å². The molecule has 2 aromatic carbocycles. The lowest BCUT2D eigenvalue weighted by Crippen LogP contribution is -2.47. The standard InChI is InChI=1S/C24H23ClN2O7/c1-2-31-23(29)21-17(26-24(30)27-22(21)15-5-7-16(25)8-6-15)12-32-20(28)10-4-14-3-9-18-19(11-14)34-13-33-18/h3,5-9,11,22H,2,4,10,12-13H2,1H3,(H2,26,27,30). The Morgan fingerprint density at radius 1 is 1.09 bits per heavy atom. The number of aryl methyl sites for hydroxylation is 1. The van der Waals surface area contributed by atoms with Crippen LogP contribution in [0, 0.1) is 0 Å². The number of fused-ring (bicyclic) bond motifs is 1. The van der Waals surface area contributed by atoms with E-state index in [1.54, 1.807) is 37.3 Å². The molecule has 34 heavy (non-hydrogen) atoms. The van der Waals surface area contributed by atoms with Gasteiger partial charge in [-0.25, -0.2) is 9.59 Å². The van der Waals surface area contributed by atoms with Crippen LogP contribution in [-0.2, 0) is 25.5 Å². The van der Waals surface area contributed by atoms with Crippen molar-refractivity contribution in [2.45, 2.75) is 25.8 Å². The van der Waals surface area contributed by atoms with Crippen LogP contribution in [0.15, 0.2) is 53.7 Å². The molecular weight excluding hydrogens is 464 g/mol. The van der Waals surface area contributed by atoms with Crippen LogP contribution < -0.4 is 20.1 Å². The first-order valence-corrected chi connectivity index (χ1v) is 11.1. The van der Waals surface area contributed by atoms with Crippen LogP contribution in [0.1, 0.15) is 30.5 Å². The Hall–Kier alpha value is -3.72. The smallest absolute Gasteiger partial charge is 0.338 e. The van der Waals surface area contributed by atoms with E-state index in [1.165, 1.54) is 0 Å². The number of benzene rings is 2. The van der Waals surface area contributed by atoms with Gasteiger partial charge in [0.2, 0.25) is 6.79 Å². The van der Waals surface area contributed by atoms with Crippen LogP contribution in [0.5, 0.6) is 11.5 Å². The van der Waals surface area contributed by atoms with Gasteiger partial charge in [-0.15, -0.1) is 0 Å². The summed E-state index contributed by atoms with van der Waals surface area (Å²) >= 11 is 5.97. The number of carbonyl (C=O) groups is 3. The lowest BCUT2D eigenvalue weighted by molar-refractivity contribution is -0.143. The molecular formula is C24H23ClN2O7. The van der Waals surface area contributed by atoms with Crippen molar-refractivity contribution >= 4 is 29.6 Å². The third-order valence-corrected chi connectivity index (χ3v) is 5.54. The number of amides is 2. The van der Waals surface area contributed by atoms with E-state index in [9.17, 15) is 14.4 Å². The third-order valence-electron chi connectivity index (χ3n) is 5.28. The predicted molar refractivity (Wildman–Crippen MR) is 121 cm³/mol. The molecule has 178 valence electrons. The van der Waals surface area contributed by atoms with Crippen molar-refractivity contribution < 1.29 is 33.3 Å². The van der Waals surface area contributed by atoms with Crippen molar-refractivity contribution in [3.05, 3.63) is 69.9 Å². The van der Waals surface area contributed by atoms with Gasteiger partial charge in [-0.05, 0) is 48.7 Å². The highest BCUT2D eigenvalue weighted by Crippen LogP contribution is 2.33. The fourth-order valence-electron chi connectivity index (χ4n) is 3.65. The van der Waals surface area contributed by atoms with Crippen molar-refractivity contribution in [2.24, 2.45) is 0 Å². The summed E-state index contributed by atoms with van der Waals surface area (Å²) in [5.74, 6) is 0.202. The zero-order chi connectivity index (χ0) is 24.1. The zero-order valence-electron chi connectivity index (χ0n) is 18.4. The second-order valence-electron chi connectivity index (χ2n) is 7.54. The van der Waals surface area contributed by atoms with E-state index < -0.39 is 24.0 Å². The highest BCUT2D eigenvalue weighted by molar-refractivity contribution is 6.30. The number of hydrogen-bond acceptors (Lipinski definition) is 7. The molecule has 0 spiro atoms. The van der Waals surface area contributed by atoms with Gasteiger partial charge in [0.15, 0.2) is 11.5 Å². The lowest BCUT2D eigenvalue weighted by Gasteiger charge is -2.29. The maximum atomic E-state index is 12.8. The molecule has 0 bridgehead atoms. The first kappa shape index (κ1) is 23.4. The minimum absolute atomic E-state index is 0.106. The van der Waals surface area contributed by atoms with Crippen molar-refractivity contribution in [2.75, 3.05) is 20.0 Å². The Morgan fingerprint density at radius 3 is 2.62 bits per heavy atom. The summed E-state index contributed by atoms with van der Waals surface area (Å²) in [6.07, 6.45) is 0.537. The van der Waals surface area contributed by atoms with Crippen LogP contribution in [0.3, 0.4) is 0 Å². The third kappa shape index (κ3) is 5.43. The summed E-state index contributed by atoms with van der Waals surface area (Å²) in [6.45, 7) is 1.72. The quantitative estimate of drug-likeness (QED) is 0.550. The highest BCUT2D eigenvalue weighted by Gasteiger charge is 2.34. The van der Waals surface area contributed by atoms with Crippen LogP contribution in [0.25, 0.3) is 0 Å². The van der Waals surface area contributed by atoms with Crippen LogP contribution in [0.4, 0.5) is 4.79 Å². The minimum Gasteiger partial charge on any atom is -0.463 e. The largest absolute Gasteiger partial charge is 0.463 e. The Balaban J connectivity index is 1.46. The topological polar surface area (TPSA) is 112 Å². The first-order valence-electron chi connectivity index (χ1n) is 10.7. The van der Waals surface area contributed by atoms with Crippen molar-refractivity contribution in [3.8, 4) is 11.5 Å². The number of carbonyl (C=O) groups excluding carboxylic acids is 3. The van der Waals surface area contributed by atoms with Crippen molar-refractivity contribution in [3.63, 3.8) is 0 Å². The summed E-state index contributed by atoms with van der Waals surface area (Å²) in [5.41, 5.74) is 1.85. The normalized spacial score (nSPS) is 16.5. The highest BCUT2D eigenvalue weighted by atomic mass is 35.5. The number of hydrogen-bond donors (Lipinski definition) is 2. The van der Waals surface area contributed by atoms with Gasteiger partial charge in [0.25, 0.3) is 0 Å². The molecule has 0 saturated carbocycles. The molecule has 2 heterocycles. The minimum atomic E-state index is -0.785. The van der Waals surface area contributed by atoms with Gasteiger partial charge < -0.3 is 29.6 Å². The van der Waals surface area contributed by atoms with Crippen molar-refractivity contribution in [1.82, 2.24) is 10.6 Å². The average molecular weight is 487 g/mol. The molecule has 2 aliphatic heterocycles. The molecule has 1 atom stereocenters. The maximum Gasteiger partial charge on any atom is 0.338 e. The van der Waals surface area contributed by atoms with Crippen molar-refractivity contribution in [1.29, 1.82) is 0 Å². The summed E-state index contributed by atoms with van der Waals surface area (Å²) in [7, 11) is 0. The van der Waals surface area contributed by atoms with Gasteiger partial charge >= 0.3 is 18.0 Å². The molecule has 0 radical (unpaired) electrons. The summed E-state index contributed by atoms with van der Waals surface area (Å²) < 4.78 is 21.2. The van der Waals surface area contributed by atoms with E-state index in [2.05, 4.69) is 10.6 Å². The molecule has 0 aromatic heterocycles. The summed E-state index contributed by atoms with van der Waals surface area (Å²) in [6, 6.07) is 10.9. The summed E-state index contributed by atoms with van der Waals surface area (Å²) in [4.78, 5) is 37.5. The van der Waals surface area contributed by atoms with Gasteiger partial charge in [0, 0.05) is 11.4 Å². The molecule has 0 aliphatic carbocycles. The summed E-state index contributed by atoms with van der Waals surface area (Å²) in [5, 5.41) is 5.80. The van der Waals surface area contributed by atoms with Gasteiger partial charge in [0.1, 0.15) is 6.61 Å². The predicted octanol–water partition coefficient (Wildman–Crippen LogP) is 3.42. The molecule has 10 heteroatoms. The van der Waals surface area contributed by atoms with E-state index in [-0.39, 0.29) is 37.7 Å². The molecule has 1 unspecified atom stereocenters. The van der Waals surface area contributed by atoms with Gasteiger partial charge in [0.05, 0.1) is 23.9 Å². The fraction of sp³-hybridized carbons (Fsp3) is 0.292. The van der Waals surface area contributed by atoms with E-state index >= 15 is 0 Å². The van der Waals surface area contributed by atoms with Crippen LogP contribution >= 0.6 is 11.6 Å². The molecule has 4 rings (SSSR count). The average Bonchev–Trinajstić information content (AvgIpc) is 3.29. The van der Waals surface area contributed by atoms with Crippen LogP contribution in [0.2, 0.25) is 5.02 Å². The first-order chi connectivity index (χ1) is 16.4. The number of esters is 2. The molecule has 0 fully saturated rings. The number of nitrogens with one attached hydrogen (secondary N) is 2. The Bertz CT molecular complexity index is 1130. The number of urea groups is 1. The van der Waals surface area contributed by atoms with E-state index in [4.69, 9.17) is 30.5 Å². The zero-order valence-corrected chi connectivity index (χ0v) is 19.1. The van der Waals surface area contributed by atoms with Gasteiger partial charge in [-0.1, -0.05) is 29.8 Å². The Kier molecular flexibility index (Phi) is 7.22. The Morgan fingerprint density at radius 2 is 1.85 bits per heavy atom. The lowest BCUT2D eigenvalue weighted by atomic mass is 9.95. The van der Waals surface area contributed by atoms with E-state index in [0.29, 0.717) is 28.5 Å². The second kappa shape index (κ2) is 10.5. The number of rotatable bonds is 8. The molecule has 0 saturated heterocycles. The monoisotopic (exact) mass is 486 g/mol. The number of halogens is 1.